The molecule has 0 aliphatic heterocycles. The minimum Gasteiger partial charge on any atom is -0.481 e. The largest absolute Gasteiger partial charge is 0.481 e. The van der Waals surface area contributed by atoms with E-state index in [0.717, 1.165) is 6.07 Å². The lowest BCUT2D eigenvalue weighted by Gasteiger charge is -2.18. The normalized spacial score (nSPS) is 13.0. The van der Waals surface area contributed by atoms with E-state index < -0.39 is 35.7 Å². The summed E-state index contributed by atoms with van der Waals surface area (Å²) in [6.07, 6.45) is -0.658. The summed E-state index contributed by atoms with van der Waals surface area (Å²) in [6, 6.07) is 4.33. The summed E-state index contributed by atoms with van der Waals surface area (Å²) in [7, 11) is 0. The molecule has 7 nitrogen and oxygen atoms in total. The molecule has 0 fully saturated rings. The maximum absolute atomic E-state index is 13.1. The number of halogens is 1. The summed E-state index contributed by atoms with van der Waals surface area (Å²) in [6.45, 7) is 4.76. The van der Waals surface area contributed by atoms with Gasteiger partial charge in [-0.25, -0.2) is 9.18 Å². The number of nitrogens with one attached hydrogen (secondary N) is 2. The van der Waals surface area contributed by atoms with E-state index in [1.807, 2.05) is 13.8 Å². The third-order valence-corrected chi connectivity index (χ3v) is 3.24. The van der Waals surface area contributed by atoms with Crippen LogP contribution in [0.15, 0.2) is 24.3 Å². The van der Waals surface area contributed by atoms with E-state index in [1.165, 1.54) is 25.1 Å². The Morgan fingerprint density at radius 1 is 1.24 bits per heavy atom. The van der Waals surface area contributed by atoms with Crippen molar-refractivity contribution in [1.29, 1.82) is 0 Å². The molecule has 2 atom stereocenters. The SMILES string of the molecule is CC(C)C[C@H](NC(=O)CNC(=O)C(C)Oc1cccc(F)c1)C(=O)O. The summed E-state index contributed by atoms with van der Waals surface area (Å²) in [4.78, 5) is 34.8. The molecule has 138 valence electrons. The van der Waals surface area contributed by atoms with Gasteiger partial charge < -0.3 is 20.5 Å². The molecule has 0 saturated heterocycles. The highest BCUT2D eigenvalue weighted by Gasteiger charge is 2.22. The second kappa shape index (κ2) is 9.61. The molecule has 1 aromatic carbocycles. The van der Waals surface area contributed by atoms with Gasteiger partial charge in [0.25, 0.3) is 5.91 Å². The van der Waals surface area contributed by atoms with Crippen LogP contribution in [0.2, 0.25) is 0 Å². The summed E-state index contributed by atoms with van der Waals surface area (Å²) >= 11 is 0. The molecule has 2 amide bonds. The molecule has 1 aromatic rings. The van der Waals surface area contributed by atoms with E-state index in [1.54, 1.807) is 0 Å². The van der Waals surface area contributed by atoms with Crippen molar-refractivity contribution >= 4 is 17.8 Å². The number of hydrogen-bond acceptors (Lipinski definition) is 4. The second-order valence-electron chi connectivity index (χ2n) is 6.02. The zero-order chi connectivity index (χ0) is 19.0. The Morgan fingerprint density at radius 2 is 1.92 bits per heavy atom. The van der Waals surface area contributed by atoms with Crippen molar-refractivity contribution in [3.8, 4) is 5.75 Å². The van der Waals surface area contributed by atoms with Crippen LogP contribution in [0.3, 0.4) is 0 Å². The lowest BCUT2D eigenvalue weighted by atomic mass is 10.0. The topological polar surface area (TPSA) is 105 Å². The van der Waals surface area contributed by atoms with Gasteiger partial charge in [0.2, 0.25) is 5.91 Å². The van der Waals surface area contributed by atoms with Gasteiger partial charge in [-0.2, -0.15) is 0 Å². The van der Waals surface area contributed by atoms with E-state index in [9.17, 15) is 18.8 Å². The number of benzene rings is 1. The van der Waals surface area contributed by atoms with Crippen LogP contribution < -0.4 is 15.4 Å². The fourth-order valence-corrected chi connectivity index (χ4v) is 2.05. The fourth-order valence-electron chi connectivity index (χ4n) is 2.05. The van der Waals surface area contributed by atoms with E-state index in [2.05, 4.69) is 10.6 Å². The number of carboxylic acid groups (broad SMARTS) is 1. The Morgan fingerprint density at radius 3 is 2.48 bits per heavy atom. The molecule has 0 aliphatic rings. The minimum atomic E-state index is -1.13. The van der Waals surface area contributed by atoms with Crippen LogP contribution in [-0.2, 0) is 14.4 Å². The van der Waals surface area contributed by atoms with Gasteiger partial charge in [0.1, 0.15) is 17.6 Å². The van der Waals surface area contributed by atoms with Gasteiger partial charge >= 0.3 is 5.97 Å². The van der Waals surface area contributed by atoms with E-state index in [4.69, 9.17) is 9.84 Å². The number of ether oxygens (including phenoxy) is 1. The predicted octanol–water partition coefficient (Wildman–Crippen LogP) is 1.32. The molecule has 0 aromatic heterocycles. The average Bonchev–Trinajstić information content (AvgIpc) is 2.51. The van der Waals surface area contributed by atoms with Crippen LogP contribution in [0.5, 0.6) is 5.75 Å². The van der Waals surface area contributed by atoms with Gasteiger partial charge in [-0.05, 0) is 31.4 Å². The molecule has 25 heavy (non-hydrogen) atoms. The molecule has 3 N–H and O–H groups in total. The molecular formula is C17H23FN2O5. The molecule has 0 spiro atoms. The number of hydrogen-bond donors (Lipinski definition) is 3. The number of amides is 2. The molecule has 0 aliphatic carbocycles. The first-order valence-corrected chi connectivity index (χ1v) is 7.91. The predicted molar refractivity (Wildman–Crippen MR) is 88.5 cm³/mol. The number of rotatable bonds is 9. The van der Waals surface area contributed by atoms with Gasteiger partial charge in [0, 0.05) is 6.07 Å². The van der Waals surface area contributed by atoms with Crippen LogP contribution >= 0.6 is 0 Å². The molecule has 8 heteroatoms. The van der Waals surface area contributed by atoms with Crippen molar-refractivity contribution in [3.05, 3.63) is 30.1 Å². The highest BCUT2D eigenvalue weighted by molar-refractivity contribution is 5.89. The third-order valence-electron chi connectivity index (χ3n) is 3.24. The highest BCUT2D eigenvalue weighted by Crippen LogP contribution is 2.13. The van der Waals surface area contributed by atoms with Gasteiger partial charge in [-0.3, -0.25) is 9.59 Å². The zero-order valence-corrected chi connectivity index (χ0v) is 14.4. The Hall–Kier alpha value is -2.64. The summed E-state index contributed by atoms with van der Waals surface area (Å²) in [5.41, 5.74) is 0. The third kappa shape index (κ3) is 7.65. The van der Waals surface area contributed by atoms with E-state index >= 15 is 0 Å². The van der Waals surface area contributed by atoms with Crippen LogP contribution in [-0.4, -0.2) is 41.6 Å². The summed E-state index contributed by atoms with van der Waals surface area (Å²) in [5.74, 6) is -2.52. The van der Waals surface area contributed by atoms with Crippen molar-refractivity contribution in [2.45, 2.75) is 39.3 Å². The molecule has 1 rings (SSSR count). The van der Waals surface area contributed by atoms with Gasteiger partial charge in [-0.1, -0.05) is 19.9 Å². The maximum Gasteiger partial charge on any atom is 0.326 e. The lowest BCUT2D eigenvalue weighted by molar-refractivity contribution is -0.142. The van der Waals surface area contributed by atoms with Crippen molar-refractivity contribution in [3.63, 3.8) is 0 Å². The average molecular weight is 354 g/mol. The number of aliphatic carboxylic acids is 1. The van der Waals surface area contributed by atoms with Gasteiger partial charge in [0.15, 0.2) is 6.10 Å². The molecule has 0 saturated carbocycles. The Bertz CT molecular complexity index is 621. The molecule has 0 bridgehead atoms. The van der Waals surface area contributed by atoms with Crippen LogP contribution in [0, 0.1) is 11.7 Å². The van der Waals surface area contributed by atoms with Crippen LogP contribution in [0.25, 0.3) is 0 Å². The quantitative estimate of drug-likeness (QED) is 0.620. The summed E-state index contributed by atoms with van der Waals surface area (Å²) < 4.78 is 18.4. The molecule has 0 heterocycles. The summed E-state index contributed by atoms with van der Waals surface area (Å²) in [5, 5.41) is 13.8. The zero-order valence-electron chi connectivity index (χ0n) is 14.4. The Labute approximate surface area is 145 Å². The molecule has 0 radical (unpaired) electrons. The highest BCUT2D eigenvalue weighted by atomic mass is 19.1. The van der Waals surface area contributed by atoms with Crippen molar-refractivity contribution in [2.24, 2.45) is 5.92 Å². The first-order valence-electron chi connectivity index (χ1n) is 7.91. The second-order valence-corrected chi connectivity index (χ2v) is 6.02. The van der Waals surface area contributed by atoms with Gasteiger partial charge in [-0.15, -0.1) is 0 Å². The first kappa shape index (κ1) is 20.4. The van der Waals surface area contributed by atoms with Crippen LogP contribution in [0.4, 0.5) is 4.39 Å². The smallest absolute Gasteiger partial charge is 0.326 e. The Kier molecular flexibility index (Phi) is 7.84. The maximum atomic E-state index is 13.1. The van der Waals surface area contributed by atoms with E-state index in [0.29, 0.717) is 0 Å². The lowest BCUT2D eigenvalue weighted by Crippen LogP contribution is -2.47. The standard InChI is InChI=1S/C17H23FN2O5/c1-10(2)7-14(17(23)24)20-15(21)9-19-16(22)11(3)25-13-6-4-5-12(18)8-13/h4-6,8,10-11,14H,7,9H2,1-3H3,(H,19,22)(H,20,21)(H,23,24)/t11?,14-/m0/s1. The number of carbonyl (C=O) groups is 3. The first-order chi connectivity index (χ1) is 11.7. The van der Waals surface area contributed by atoms with Crippen molar-refractivity contribution in [2.75, 3.05) is 6.54 Å². The van der Waals surface area contributed by atoms with Gasteiger partial charge in [0.05, 0.1) is 6.54 Å². The fraction of sp³-hybridized carbons (Fsp3) is 0.471. The number of carbonyl (C=O) groups excluding carboxylic acids is 2. The molecular weight excluding hydrogens is 331 g/mol. The van der Waals surface area contributed by atoms with Crippen molar-refractivity contribution in [1.82, 2.24) is 10.6 Å². The van der Waals surface area contributed by atoms with E-state index in [-0.39, 0.29) is 24.6 Å². The minimum absolute atomic E-state index is 0.0932. The van der Waals surface area contributed by atoms with Crippen molar-refractivity contribution < 1.29 is 28.6 Å². The van der Waals surface area contributed by atoms with Crippen LogP contribution in [0.1, 0.15) is 27.2 Å². The number of carboxylic acids is 1. The molecule has 1 unspecified atom stereocenters. The Balaban J connectivity index is 2.46. The monoisotopic (exact) mass is 354 g/mol.